The van der Waals surface area contributed by atoms with E-state index in [4.69, 9.17) is 10.5 Å². The molecular formula is C15H14FNO. The topological polar surface area (TPSA) is 35.2 Å². The Bertz CT molecular complexity index is 595. The monoisotopic (exact) mass is 243 g/mol. The van der Waals surface area contributed by atoms with E-state index in [1.807, 2.05) is 12.1 Å². The molecule has 0 bridgehead atoms. The fourth-order valence-corrected chi connectivity index (χ4v) is 2.32. The minimum absolute atomic E-state index is 0.308. The van der Waals surface area contributed by atoms with Crippen LogP contribution in [0.4, 0.5) is 10.1 Å². The highest BCUT2D eigenvalue weighted by Gasteiger charge is 2.12. The third-order valence-corrected chi connectivity index (χ3v) is 3.23. The van der Waals surface area contributed by atoms with E-state index in [2.05, 4.69) is 6.07 Å². The molecule has 2 N–H and O–H groups in total. The number of anilines is 1. The van der Waals surface area contributed by atoms with Crippen molar-refractivity contribution in [1.29, 1.82) is 0 Å². The van der Waals surface area contributed by atoms with Crippen LogP contribution in [0.5, 0.6) is 5.75 Å². The average molecular weight is 243 g/mol. The van der Waals surface area contributed by atoms with Gasteiger partial charge in [-0.2, -0.15) is 0 Å². The number of fused-ring (bicyclic) bond motifs is 1. The van der Waals surface area contributed by atoms with Crippen LogP contribution in [-0.4, -0.2) is 6.61 Å². The molecule has 2 nitrogen and oxygen atoms in total. The molecule has 0 aromatic heterocycles. The van der Waals surface area contributed by atoms with Crippen molar-refractivity contribution in [3.05, 3.63) is 47.8 Å². The fraction of sp³-hybridized carbons (Fsp3) is 0.200. The summed E-state index contributed by atoms with van der Waals surface area (Å²) in [5.74, 6) is 0.642. The minimum atomic E-state index is -0.308. The van der Waals surface area contributed by atoms with Crippen molar-refractivity contribution < 1.29 is 9.13 Å². The van der Waals surface area contributed by atoms with Crippen molar-refractivity contribution in [1.82, 2.24) is 0 Å². The van der Waals surface area contributed by atoms with Gasteiger partial charge in [-0.1, -0.05) is 6.07 Å². The molecule has 0 radical (unpaired) electrons. The Labute approximate surface area is 105 Å². The van der Waals surface area contributed by atoms with Crippen molar-refractivity contribution >= 4 is 5.69 Å². The highest BCUT2D eigenvalue weighted by Crippen LogP contribution is 2.32. The largest absolute Gasteiger partial charge is 0.493 e. The molecule has 1 aliphatic heterocycles. The number of aryl methyl sites for hydroxylation is 1. The van der Waals surface area contributed by atoms with E-state index in [-0.39, 0.29) is 5.82 Å². The molecular weight excluding hydrogens is 229 g/mol. The van der Waals surface area contributed by atoms with Crippen molar-refractivity contribution in [2.75, 3.05) is 12.3 Å². The highest BCUT2D eigenvalue weighted by atomic mass is 19.1. The van der Waals surface area contributed by atoms with Gasteiger partial charge in [-0.25, -0.2) is 4.39 Å². The maximum Gasteiger partial charge on any atom is 0.125 e. The average Bonchev–Trinajstić information content (AvgIpc) is 2.38. The Morgan fingerprint density at radius 1 is 1.11 bits per heavy atom. The van der Waals surface area contributed by atoms with Crippen molar-refractivity contribution in [3.8, 4) is 16.9 Å². The van der Waals surface area contributed by atoms with Gasteiger partial charge in [0, 0.05) is 11.3 Å². The number of hydrogen-bond acceptors (Lipinski definition) is 2. The molecule has 3 rings (SSSR count). The predicted octanol–water partition coefficient (Wildman–Crippen LogP) is 3.40. The second-order valence-electron chi connectivity index (χ2n) is 4.51. The van der Waals surface area contributed by atoms with Crippen LogP contribution in [0, 0.1) is 5.82 Å². The summed E-state index contributed by atoms with van der Waals surface area (Å²) in [6.45, 7) is 0.783. The summed E-state index contributed by atoms with van der Waals surface area (Å²) in [5.41, 5.74) is 9.40. The number of benzene rings is 2. The number of halogens is 1. The van der Waals surface area contributed by atoms with E-state index < -0.39 is 0 Å². The Kier molecular flexibility index (Phi) is 2.67. The zero-order chi connectivity index (χ0) is 12.5. The predicted molar refractivity (Wildman–Crippen MR) is 70.1 cm³/mol. The number of nitrogen functional groups attached to an aromatic ring is 1. The third-order valence-electron chi connectivity index (χ3n) is 3.23. The van der Waals surface area contributed by atoms with E-state index in [1.165, 1.54) is 17.7 Å². The van der Waals surface area contributed by atoms with E-state index in [0.29, 0.717) is 5.69 Å². The fourth-order valence-electron chi connectivity index (χ4n) is 2.32. The van der Waals surface area contributed by atoms with Gasteiger partial charge in [0.25, 0.3) is 0 Å². The highest BCUT2D eigenvalue weighted by molar-refractivity contribution is 5.77. The standard InChI is InChI=1S/C15H14FNO/c16-12-4-5-13(14(17)9-12)10-3-6-15-11(8-10)2-1-7-18-15/h3-6,8-9H,1-2,7,17H2. The molecule has 0 aliphatic carbocycles. The summed E-state index contributed by atoms with van der Waals surface area (Å²) < 4.78 is 18.6. The van der Waals surface area contributed by atoms with Crippen LogP contribution in [-0.2, 0) is 6.42 Å². The molecule has 0 saturated heterocycles. The van der Waals surface area contributed by atoms with Gasteiger partial charge in [0.05, 0.1) is 6.61 Å². The Morgan fingerprint density at radius 2 is 2.00 bits per heavy atom. The van der Waals surface area contributed by atoms with E-state index in [0.717, 1.165) is 36.3 Å². The minimum Gasteiger partial charge on any atom is -0.493 e. The molecule has 0 spiro atoms. The lowest BCUT2D eigenvalue weighted by atomic mass is 9.98. The van der Waals surface area contributed by atoms with E-state index in [9.17, 15) is 4.39 Å². The zero-order valence-corrected chi connectivity index (χ0v) is 9.95. The molecule has 0 amide bonds. The van der Waals surface area contributed by atoms with Crippen molar-refractivity contribution in [2.24, 2.45) is 0 Å². The molecule has 1 heterocycles. The summed E-state index contributed by atoms with van der Waals surface area (Å²) in [7, 11) is 0. The lowest BCUT2D eigenvalue weighted by Gasteiger charge is -2.18. The second kappa shape index (κ2) is 4.33. The SMILES string of the molecule is Nc1cc(F)ccc1-c1ccc2c(c1)CCCO2. The smallest absolute Gasteiger partial charge is 0.125 e. The lowest BCUT2D eigenvalue weighted by Crippen LogP contribution is -2.08. The van der Waals surface area contributed by atoms with Gasteiger partial charge in [0.1, 0.15) is 11.6 Å². The van der Waals surface area contributed by atoms with E-state index in [1.54, 1.807) is 6.07 Å². The first kappa shape index (κ1) is 11.1. The molecule has 0 unspecified atom stereocenters. The molecule has 1 aliphatic rings. The quantitative estimate of drug-likeness (QED) is 0.779. The molecule has 2 aromatic carbocycles. The van der Waals surface area contributed by atoms with Crippen LogP contribution in [0.15, 0.2) is 36.4 Å². The van der Waals surface area contributed by atoms with Crippen molar-refractivity contribution in [3.63, 3.8) is 0 Å². The zero-order valence-electron chi connectivity index (χ0n) is 9.95. The van der Waals surface area contributed by atoms with Gasteiger partial charge in [-0.05, 0) is 54.3 Å². The summed E-state index contributed by atoms with van der Waals surface area (Å²) in [6.07, 6.45) is 2.06. The third kappa shape index (κ3) is 1.92. The first-order chi connectivity index (χ1) is 8.74. The van der Waals surface area contributed by atoms with Gasteiger partial charge < -0.3 is 10.5 Å². The summed E-state index contributed by atoms with van der Waals surface area (Å²) in [4.78, 5) is 0. The van der Waals surface area contributed by atoms with Crippen LogP contribution >= 0.6 is 0 Å². The molecule has 0 atom stereocenters. The van der Waals surface area contributed by atoms with Gasteiger partial charge in [-0.15, -0.1) is 0 Å². The Balaban J connectivity index is 2.06. The molecule has 18 heavy (non-hydrogen) atoms. The number of nitrogens with two attached hydrogens (primary N) is 1. The van der Waals surface area contributed by atoms with Gasteiger partial charge in [0.2, 0.25) is 0 Å². The summed E-state index contributed by atoms with van der Waals surface area (Å²) in [6, 6.07) is 10.5. The Morgan fingerprint density at radius 3 is 2.83 bits per heavy atom. The molecule has 0 saturated carbocycles. The van der Waals surface area contributed by atoms with Crippen molar-refractivity contribution in [2.45, 2.75) is 12.8 Å². The number of hydrogen-bond donors (Lipinski definition) is 1. The normalized spacial score (nSPS) is 13.8. The summed E-state index contributed by atoms with van der Waals surface area (Å²) >= 11 is 0. The van der Waals surface area contributed by atoms with Gasteiger partial charge in [0.15, 0.2) is 0 Å². The van der Waals surface area contributed by atoms with Gasteiger partial charge >= 0.3 is 0 Å². The van der Waals surface area contributed by atoms with Crippen LogP contribution in [0.25, 0.3) is 11.1 Å². The molecule has 2 aromatic rings. The first-order valence-corrected chi connectivity index (χ1v) is 6.05. The second-order valence-corrected chi connectivity index (χ2v) is 4.51. The molecule has 92 valence electrons. The van der Waals surface area contributed by atoms with Crippen LogP contribution in [0.1, 0.15) is 12.0 Å². The van der Waals surface area contributed by atoms with Crippen LogP contribution in [0.2, 0.25) is 0 Å². The maximum absolute atomic E-state index is 13.0. The molecule has 0 fully saturated rings. The van der Waals surface area contributed by atoms with Gasteiger partial charge in [-0.3, -0.25) is 0 Å². The maximum atomic E-state index is 13.0. The number of ether oxygens (including phenoxy) is 1. The first-order valence-electron chi connectivity index (χ1n) is 6.05. The summed E-state index contributed by atoms with van der Waals surface area (Å²) in [5, 5.41) is 0. The van der Waals surface area contributed by atoms with Crippen LogP contribution in [0.3, 0.4) is 0 Å². The van der Waals surface area contributed by atoms with Crippen LogP contribution < -0.4 is 10.5 Å². The lowest BCUT2D eigenvalue weighted by molar-refractivity contribution is 0.288. The molecule has 3 heteroatoms. The van der Waals surface area contributed by atoms with E-state index >= 15 is 0 Å². The Hall–Kier alpha value is -2.03. The number of rotatable bonds is 1.